The summed E-state index contributed by atoms with van der Waals surface area (Å²) in [5, 5.41) is 2.88. The Kier molecular flexibility index (Phi) is 4.96. The molecule has 2 rings (SSSR count). The van der Waals surface area contributed by atoms with Crippen LogP contribution < -0.4 is 11.1 Å². The molecule has 0 saturated carbocycles. The van der Waals surface area contributed by atoms with Crippen LogP contribution in [0.3, 0.4) is 0 Å². The van der Waals surface area contributed by atoms with Crippen LogP contribution in [0.4, 0.5) is 0 Å². The molecule has 0 aliphatic carbocycles. The second kappa shape index (κ2) is 6.72. The van der Waals surface area contributed by atoms with E-state index in [1.165, 1.54) is 6.92 Å². The highest BCUT2D eigenvalue weighted by Gasteiger charge is 2.28. The zero-order chi connectivity index (χ0) is 15.4. The summed E-state index contributed by atoms with van der Waals surface area (Å²) in [5.41, 5.74) is 8.05. The molecule has 1 saturated heterocycles. The van der Waals surface area contributed by atoms with Crippen molar-refractivity contribution >= 4 is 11.8 Å². The van der Waals surface area contributed by atoms with Gasteiger partial charge in [-0.05, 0) is 25.3 Å². The molecule has 0 radical (unpaired) electrons. The smallest absolute Gasteiger partial charge is 0.244 e. The number of benzene rings is 1. The Morgan fingerprint density at radius 2 is 2.00 bits per heavy atom. The summed E-state index contributed by atoms with van der Waals surface area (Å²) in [4.78, 5) is 25.4. The maximum Gasteiger partial charge on any atom is 0.244 e. The topological polar surface area (TPSA) is 75.4 Å². The molecule has 1 aromatic carbocycles. The monoisotopic (exact) mass is 289 g/mol. The van der Waals surface area contributed by atoms with Crippen molar-refractivity contribution in [3.05, 3.63) is 35.4 Å². The number of likely N-dealkylation sites (tertiary alicyclic amines) is 1. The lowest BCUT2D eigenvalue weighted by atomic mass is 10.0. The molecule has 1 fully saturated rings. The van der Waals surface area contributed by atoms with Gasteiger partial charge in [0.2, 0.25) is 11.8 Å². The molecule has 5 heteroatoms. The van der Waals surface area contributed by atoms with Gasteiger partial charge in [0.1, 0.15) is 6.04 Å². The molecule has 21 heavy (non-hydrogen) atoms. The molecule has 114 valence electrons. The molecule has 5 nitrogen and oxygen atoms in total. The Labute approximate surface area is 125 Å². The summed E-state index contributed by atoms with van der Waals surface area (Å²) in [6.07, 6.45) is 1.79. The number of aryl methyl sites for hydroxylation is 1. The largest absolute Gasteiger partial charge is 0.352 e. The van der Waals surface area contributed by atoms with E-state index in [-0.39, 0.29) is 17.9 Å². The SMILES string of the molecule is CC(=O)NC1CCCN(C(=O)C(N)c2ccc(C)cc2)C1. The van der Waals surface area contributed by atoms with Gasteiger partial charge in [0, 0.05) is 26.1 Å². The van der Waals surface area contributed by atoms with Crippen LogP contribution in [-0.4, -0.2) is 35.8 Å². The van der Waals surface area contributed by atoms with Gasteiger partial charge in [-0.25, -0.2) is 0 Å². The van der Waals surface area contributed by atoms with Crippen molar-refractivity contribution in [2.45, 2.75) is 38.8 Å². The molecule has 0 bridgehead atoms. The molecule has 1 aliphatic heterocycles. The number of amides is 2. The Balaban J connectivity index is 2.01. The van der Waals surface area contributed by atoms with Crippen LogP contribution in [0.5, 0.6) is 0 Å². The van der Waals surface area contributed by atoms with Crippen LogP contribution >= 0.6 is 0 Å². The molecule has 2 amide bonds. The molecular formula is C16H23N3O2. The lowest BCUT2D eigenvalue weighted by molar-refractivity contribution is -0.134. The molecule has 1 heterocycles. The third-order valence-corrected chi connectivity index (χ3v) is 3.84. The number of rotatable bonds is 3. The maximum atomic E-state index is 12.5. The highest BCUT2D eigenvalue weighted by Crippen LogP contribution is 2.18. The number of hydrogen-bond acceptors (Lipinski definition) is 3. The van der Waals surface area contributed by atoms with E-state index >= 15 is 0 Å². The van der Waals surface area contributed by atoms with E-state index in [4.69, 9.17) is 5.73 Å². The number of hydrogen-bond donors (Lipinski definition) is 2. The number of nitrogens with zero attached hydrogens (tertiary/aromatic N) is 1. The highest BCUT2D eigenvalue weighted by atomic mass is 16.2. The fourth-order valence-electron chi connectivity index (χ4n) is 2.70. The van der Waals surface area contributed by atoms with Gasteiger partial charge in [-0.3, -0.25) is 9.59 Å². The van der Waals surface area contributed by atoms with Crippen LogP contribution in [0.2, 0.25) is 0 Å². The van der Waals surface area contributed by atoms with Crippen LogP contribution in [0.1, 0.15) is 36.9 Å². The summed E-state index contributed by atoms with van der Waals surface area (Å²) in [6.45, 7) is 4.74. The number of piperidine rings is 1. The summed E-state index contributed by atoms with van der Waals surface area (Å²) in [5.74, 6) is -0.133. The molecule has 1 aliphatic rings. The molecule has 2 atom stereocenters. The second-order valence-corrected chi connectivity index (χ2v) is 5.71. The van der Waals surface area contributed by atoms with Crippen molar-refractivity contribution in [2.75, 3.05) is 13.1 Å². The Hall–Kier alpha value is -1.88. The average molecular weight is 289 g/mol. The zero-order valence-electron chi connectivity index (χ0n) is 12.6. The number of nitrogens with one attached hydrogen (secondary N) is 1. The summed E-state index contributed by atoms with van der Waals surface area (Å²) in [7, 11) is 0. The van der Waals surface area contributed by atoms with E-state index in [1.54, 1.807) is 4.90 Å². The summed E-state index contributed by atoms with van der Waals surface area (Å²) < 4.78 is 0. The quantitative estimate of drug-likeness (QED) is 0.875. The summed E-state index contributed by atoms with van der Waals surface area (Å²) >= 11 is 0. The van der Waals surface area contributed by atoms with Gasteiger partial charge in [-0.15, -0.1) is 0 Å². The predicted octanol–water partition coefficient (Wildman–Crippen LogP) is 1.12. The van der Waals surface area contributed by atoms with E-state index in [2.05, 4.69) is 5.32 Å². The van der Waals surface area contributed by atoms with Gasteiger partial charge in [0.15, 0.2) is 0 Å². The minimum atomic E-state index is -0.637. The number of carbonyl (C=O) groups is 2. The van der Waals surface area contributed by atoms with Crippen molar-refractivity contribution in [3.8, 4) is 0 Å². The average Bonchev–Trinajstić information content (AvgIpc) is 2.46. The van der Waals surface area contributed by atoms with Crippen molar-refractivity contribution in [2.24, 2.45) is 5.73 Å². The van der Waals surface area contributed by atoms with Crippen molar-refractivity contribution in [3.63, 3.8) is 0 Å². The van der Waals surface area contributed by atoms with Gasteiger partial charge in [0.05, 0.1) is 0 Å². The van der Waals surface area contributed by atoms with Crippen molar-refractivity contribution in [1.29, 1.82) is 0 Å². The number of carbonyl (C=O) groups excluding carboxylic acids is 2. The maximum absolute atomic E-state index is 12.5. The molecule has 3 N–H and O–H groups in total. The summed E-state index contributed by atoms with van der Waals surface area (Å²) in [6, 6.07) is 7.10. The minimum Gasteiger partial charge on any atom is -0.352 e. The van der Waals surface area contributed by atoms with Crippen LogP contribution in [-0.2, 0) is 9.59 Å². The lowest BCUT2D eigenvalue weighted by Crippen LogP contribution is -2.51. The van der Waals surface area contributed by atoms with Crippen LogP contribution in [0, 0.1) is 6.92 Å². The van der Waals surface area contributed by atoms with E-state index in [0.29, 0.717) is 13.1 Å². The van der Waals surface area contributed by atoms with Crippen LogP contribution in [0.15, 0.2) is 24.3 Å². The van der Waals surface area contributed by atoms with Gasteiger partial charge >= 0.3 is 0 Å². The fourth-order valence-corrected chi connectivity index (χ4v) is 2.70. The van der Waals surface area contributed by atoms with Gasteiger partial charge in [0.25, 0.3) is 0 Å². The first-order valence-electron chi connectivity index (χ1n) is 7.35. The Morgan fingerprint density at radius 3 is 2.62 bits per heavy atom. The fraction of sp³-hybridized carbons (Fsp3) is 0.500. The number of nitrogens with two attached hydrogens (primary N) is 1. The van der Waals surface area contributed by atoms with Crippen LogP contribution in [0.25, 0.3) is 0 Å². The van der Waals surface area contributed by atoms with Gasteiger partial charge in [-0.2, -0.15) is 0 Å². The van der Waals surface area contributed by atoms with E-state index in [9.17, 15) is 9.59 Å². The third kappa shape index (κ3) is 4.04. The van der Waals surface area contributed by atoms with Gasteiger partial charge in [-0.1, -0.05) is 29.8 Å². The van der Waals surface area contributed by atoms with Crippen molar-refractivity contribution < 1.29 is 9.59 Å². The predicted molar refractivity (Wildman–Crippen MR) is 81.5 cm³/mol. The molecule has 0 aromatic heterocycles. The van der Waals surface area contributed by atoms with E-state index < -0.39 is 6.04 Å². The molecule has 1 aromatic rings. The normalized spacial score (nSPS) is 20.0. The Morgan fingerprint density at radius 1 is 1.33 bits per heavy atom. The first kappa shape index (κ1) is 15.5. The van der Waals surface area contributed by atoms with Crippen molar-refractivity contribution in [1.82, 2.24) is 10.2 Å². The molecule has 0 spiro atoms. The van der Waals surface area contributed by atoms with E-state index in [1.807, 2.05) is 31.2 Å². The first-order valence-corrected chi connectivity index (χ1v) is 7.35. The highest BCUT2D eigenvalue weighted by molar-refractivity contribution is 5.83. The van der Waals surface area contributed by atoms with Gasteiger partial charge < -0.3 is 16.0 Å². The molecule has 2 unspecified atom stereocenters. The zero-order valence-corrected chi connectivity index (χ0v) is 12.6. The molecular weight excluding hydrogens is 266 g/mol. The Bertz CT molecular complexity index is 513. The lowest BCUT2D eigenvalue weighted by Gasteiger charge is -2.34. The minimum absolute atomic E-state index is 0.0328. The second-order valence-electron chi connectivity index (χ2n) is 5.71. The first-order chi connectivity index (χ1) is 9.97. The third-order valence-electron chi connectivity index (χ3n) is 3.84. The standard InChI is InChI=1S/C16H23N3O2/c1-11-5-7-13(8-6-11)15(17)16(21)19-9-3-4-14(10-19)18-12(2)20/h5-8,14-15H,3-4,9-10,17H2,1-2H3,(H,18,20). The van der Waals surface area contributed by atoms with E-state index in [0.717, 1.165) is 24.0 Å².